The van der Waals surface area contributed by atoms with Crippen molar-refractivity contribution in [3.8, 4) is 0 Å². The first-order valence-corrected chi connectivity index (χ1v) is 12.7. The van der Waals surface area contributed by atoms with Gasteiger partial charge in [-0.3, -0.25) is 9.59 Å². The zero-order valence-corrected chi connectivity index (χ0v) is 20.3. The first-order chi connectivity index (χ1) is 16.3. The lowest BCUT2D eigenvalue weighted by Gasteiger charge is -2.57. The third kappa shape index (κ3) is 3.06. The fourth-order valence-electron chi connectivity index (χ4n) is 8.07. The number of fused-ring (bicyclic) bond motifs is 6. The van der Waals surface area contributed by atoms with Crippen molar-refractivity contribution in [2.24, 2.45) is 28.6 Å². The van der Waals surface area contributed by atoms with Gasteiger partial charge in [-0.1, -0.05) is 37.6 Å². The molecule has 4 aliphatic carbocycles. The van der Waals surface area contributed by atoms with E-state index in [4.69, 9.17) is 14.9 Å². The molecule has 6 atom stereocenters. The standard InChI is InChI=1S/C28H33N3O3/c1-17(33)34-20-10-12-27(2)19(15-20)8-9-21-22(27)11-13-28(3)23(21)14-18(16-32)26(28)31-29-24-6-4-5-7-25(24)30-31/h4-8,16,20-23H,9-15H2,1-3H3/t20?,21-,22+,23+,27+,28+/m1/s1. The SMILES string of the molecule is CC(=O)OC1CC[C@@]2(C)C(=CC[C@@H]3[C@@H]2CC[C@]2(C)C(n4nc5ccccc5n4)=C(C=O)C[C@@H]32)C1. The summed E-state index contributed by atoms with van der Waals surface area (Å²) >= 11 is 0. The van der Waals surface area contributed by atoms with Gasteiger partial charge in [0.05, 0.1) is 5.70 Å². The van der Waals surface area contributed by atoms with Gasteiger partial charge in [-0.2, -0.15) is 4.80 Å². The largest absolute Gasteiger partial charge is 0.462 e. The summed E-state index contributed by atoms with van der Waals surface area (Å²) in [4.78, 5) is 25.6. The average Bonchev–Trinajstić information content (AvgIpc) is 3.36. The second kappa shape index (κ2) is 7.62. The highest BCUT2D eigenvalue weighted by Gasteiger charge is 2.59. The molecule has 6 nitrogen and oxygen atoms in total. The normalized spacial score (nSPS) is 37.0. The molecule has 0 amide bonds. The zero-order chi connectivity index (χ0) is 23.7. The number of rotatable bonds is 3. The number of hydrogen-bond donors (Lipinski definition) is 0. The monoisotopic (exact) mass is 459 g/mol. The first kappa shape index (κ1) is 21.8. The van der Waals surface area contributed by atoms with E-state index in [2.05, 4.69) is 19.9 Å². The molecular weight excluding hydrogens is 426 g/mol. The lowest BCUT2D eigenvalue weighted by molar-refractivity contribution is -0.148. The van der Waals surface area contributed by atoms with E-state index in [0.29, 0.717) is 17.8 Å². The summed E-state index contributed by atoms with van der Waals surface area (Å²) in [6, 6.07) is 7.91. The molecule has 0 bridgehead atoms. The Hall–Kier alpha value is -2.76. The van der Waals surface area contributed by atoms with Crippen molar-refractivity contribution in [1.82, 2.24) is 15.0 Å². The van der Waals surface area contributed by atoms with Gasteiger partial charge in [0.25, 0.3) is 0 Å². The third-order valence-corrected chi connectivity index (χ3v) is 9.69. The van der Waals surface area contributed by atoms with Crippen LogP contribution >= 0.6 is 0 Å². The molecule has 34 heavy (non-hydrogen) atoms. The van der Waals surface area contributed by atoms with Crippen LogP contribution in [0, 0.1) is 28.6 Å². The summed E-state index contributed by atoms with van der Waals surface area (Å²) in [7, 11) is 0. The van der Waals surface area contributed by atoms with Gasteiger partial charge in [0.2, 0.25) is 0 Å². The Morgan fingerprint density at radius 1 is 1.06 bits per heavy atom. The number of aldehydes is 1. The van der Waals surface area contributed by atoms with Gasteiger partial charge >= 0.3 is 5.97 Å². The molecule has 2 saturated carbocycles. The third-order valence-electron chi connectivity index (χ3n) is 9.69. The molecule has 2 fully saturated rings. The second-order valence-corrected chi connectivity index (χ2v) is 11.4. The molecule has 4 aliphatic rings. The van der Waals surface area contributed by atoms with Crippen LogP contribution in [0.25, 0.3) is 16.7 Å². The van der Waals surface area contributed by atoms with E-state index in [1.807, 2.05) is 24.3 Å². The molecule has 1 aromatic carbocycles. The van der Waals surface area contributed by atoms with Gasteiger partial charge in [-0.15, -0.1) is 10.2 Å². The van der Waals surface area contributed by atoms with E-state index in [1.54, 1.807) is 4.80 Å². The van der Waals surface area contributed by atoms with Gasteiger partial charge in [0, 0.05) is 24.3 Å². The molecular formula is C28H33N3O3. The van der Waals surface area contributed by atoms with Crippen molar-refractivity contribution in [3.05, 3.63) is 41.5 Å². The summed E-state index contributed by atoms with van der Waals surface area (Å²) in [6.45, 7) is 6.29. The van der Waals surface area contributed by atoms with Crippen LogP contribution in [0.15, 0.2) is 41.5 Å². The Labute approximate surface area is 200 Å². The Morgan fingerprint density at radius 3 is 2.44 bits per heavy atom. The summed E-state index contributed by atoms with van der Waals surface area (Å²) in [5.74, 6) is 1.37. The van der Waals surface area contributed by atoms with Gasteiger partial charge < -0.3 is 4.74 Å². The minimum absolute atomic E-state index is 0.0173. The number of carbonyl (C=O) groups is 2. The minimum Gasteiger partial charge on any atom is -0.462 e. The minimum atomic E-state index is -0.179. The molecule has 0 saturated heterocycles. The quantitative estimate of drug-likeness (QED) is 0.352. The highest BCUT2D eigenvalue weighted by molar-refractivity contribution is 5.87. The number of allylic oxidation sites excluding steroid dienone is 3. The fraction of sp³-hybridized carbons (Fsp3) is 0.571. The first-order valence-electron chi connectivity index (χ1n) is 12.7. The highest BCUT2D eigenvalue weighted by atomic mass is 16.5. The maximum atomic E-state index is 12.3. The van der Waals surface area contributed by atoms with Gasteiger partial charge in [0.15, 0.2) is 0 Å². The van der Waals surface area contributed by atoms with E-state index in [1.165, 1.54) is 12.5 Å². The van der Waals surface area contributed by atoms with Crippen LogP contribution in [0.3, 0.4) is 0 Å². The number of benzene rings is 1. The number of carbonyl (C=O) groups excluding carboxylic acids is 2. The number of hydrogen-bond acceptors (Lipinski definition) is 5. The molecule has 1 aromatic heterocycles. The van der Waals surface area contributed by atoms with Crippen LogP contribution in [0.5, 0.6) is 0 Å². The van der Waals surface area contributed by atoms with Crippen molar-refractivity contribution < 1.29 is 14.3 Å². The van der Waals surface area contributed by atoms with Gasteiger partial charge in [0.1, 0.15) is 23.4 Å². The van der Waals surface area contributed by atoms with Crippen LogP contribution < -0.4 is 0 Å². The van der Waals surface area contributed by atoms with Crippen LogP contribution in [0.4, 0.5) is 0 Å². The summed E-state index contributed by atoms with van der Waals surface area (Å²) in [6.07, 6.45) is 10.4. The summed E-state index contributed by atoms with van der Waals surface area (Å²) in [5, 5.41) is 9.56. The lowest BCUT2D eigenvalue weighted by atomic mass is 9.48. The molecule has 6 heteroatoms. The van der Waals surface area contributed by atoms with Crippen LogP contribution in [0.2, 0.25) is 0 Å². The van der Waals surface area contributed by atoms with E-state index in [0.717, 1.165) is 73.5 Å². The Morgan fingerprint density at radius 2 is 1.76 bits per heavy atom. The Balaban J connectivity index is 1.34. The predicted octanol–water partition coefficient (Wildman–Crippen LogP) is 5.35. The Bertz CT molecular complexity index is 1210. The molecule has 6 rings (SSSR count). The zero-order valence-electron chi connectivity index (χ0n) is 20.3. The van der Waals surface area contributed by atoms with Crippen molar-refractivity contribution in [2.45, 2.75) is 71.8 Å². The predicted molar refractivity (Wildman–Crippen MR) is 129 cm³/mol. The van der Waals surface area contributed by atoms with E-state index >= 15 is 0 Å². The van der Waals surface area contributed by atoms with Crippen molar-refractivity contribution in [3.63, 3.8) is 0 Å². The van der Waals surface area contributed by atoms with E-state index < -0.39 is 0 Å². The molecule has 2 aromatic rings. The highest BCUT2D eigenvalue weighted by Crippen LogP contribution is 2.66. The van der Waals surface area contributed by atoms with Crippen LogP contribution in [-0.2, 0) is 14.3 Å². The van der Waals surface area contributed by atoms with Crippen molar-refractivity contribution in [1.29, 1.82) is 0 Å². The number of ether oxygens (including phenoxy) is 1. The van der Waals surface area contributed by atoms with Gasteiger partial charge in [-0.05, 0) is 73.8 Å². The number of esters is 1. The number of aromatic nitrogens is 3. The topological polar surface area (TPSA) is 74.1 Å². The molecule has 0 spiro atoms. The average molecular weight is 460 g/mol. The second-order valence-electron chi connectivity index (χ2n) is 11.4. The van der Waals surface area contributed by atoms with E-state index in [9.17, 15) is 9.59 Å². The van der Waals surface area contributed by atoms with Gasteiger partial charge in [-0.25, -0.2) is 0 Å². The maximum Gasteiger partial charge on any atom is 0.302 e. The molecule has 178 valence electrons. The summed E-state index contributed by atoms with van der Waals surface area (Å²) < 4.78 is 5.58. The van der Waals surface area contributed by atoms with Crippen LogP contribution in [0.1, 0.15) is 65.7 Å². The Kier molecular flexibility index (Phi) is 4.88. The molecule has 1 heterocycles. The maximum absolute atomic E-state index is 12.3. The van der Waals surface area contributed by atoms with Crippen molar-refractivity contribution >= 4 is 29.0 Å². The smallest absolute Gasteiger partial charge is 0.302 e. The molecule has 1 unspecified atom stereocenters. The summed E-state index contributed by atoms with van der Waals surface area (Å²) in [5.41, 5.74) is 5.14. The molecule has 0 radical (unpaired) electrons. The lowest BCUT2D eigenvalue weighted by Crippen LogP contribution is -2.50. The molecule has 0 N–H and O–H groups in total. The van der Waals surface area contributed by atoms with Crippen molar-refractivity contribution in [2.75, 3.05) is 0 Å². The van der Waals surface area contributed by atoms with Crippen LogP contribution in [-0.4, -0.2) is 33.4 Å². The number of nitrogens with zero attached hydrogens (tertiary/aromatic N) is 3. The molecule has 0 aliphatic heterocycles. The fourth-order valence-corrected chi connectivity index (χ4v) is 8.07. The van der Waals surface area contributed by atoms with E-state index in [-0.39, 0.29) is 22.9 Å².